The van der Waals surface area contributed by atoms with E-state index < -0.39 is 5.97 Å². The van der Waals surface area contributed by atoms with E-state index in [2.05, 4.69) is 37.0 Å². The molecule has 0 atom stereocenters. The SMILES string of the molecule is C=CCc1c(CC)nc(-c2ccc(/C=C/c3ccc(OC)cc3)s2)nc1Nc1ccc(C(=O)O)cc1. The molecule has 6 nitrogen and oxygen atoms in total. The molecule has 2 N–H and O–H groups in total. The van der Waals surface area contributed by atoms with Crippen LogP contribution in [0.3, 0.4) is 0 Å². The normalized spacial score (nSPS) is 10.9. The summed E-state index contributed by atoms with van der Waals surface area (Å²) in [5.74, 6) is 1.22. The van der Waals surface area contributed by atoms with Gasteiger partial charge in [-0.15, -0.1) is 17.9 Å². The van der Waals surface area contributed by atoms with Crippen molar-refractivity contribution >= 4 is 41.0 Å². The van der Waals surface area contributed by atoms with E-state index in [0.29, 0.717) is 18.1 Å². The van der Waals surface area contributed by atoms with Gasteiger partial charge in [-0.05, 0) is 73.0 Å². The fourth-order valence-corrected chi connectivity index (χ4v) is 4.53. The van der Waals surface area contributed by atoms with Gasteiger partial charge in [-0.2, -0.15) is 0 Å². The van der Waals surface area contributed by atoms with E-state index >= 15 is 0 Å². The number of allylic oxidation sites excluding steroid dienone is 1. The average Bonchev–Trinajstić information content (AvgIpc) is 3.38. The zero-order valence-corrected chi connectivity index (χ0v) is 21.0. The summed E-state index contributed by atoms with van der Waals surface area (Å²) in [6.07, 6.45) is 7.35. The van der Waals surface area contributed by atoms with Crippen LogP contribution in [0.1, 0.15) is 39.0 Å². The maximum absolute atomic E-state index is 11.2. The highest BCUT2D eigenvalue weighted by Crippen LogP contribution is 2.31. The third-order valence-electron chi connectivity index (χ3n) is 5.57. The molecule has 182 valence electrons. The minimum absolute atomic E-state index is 0.235. The first kappa shape index (κ1) is 24.9. The monoisotopic (exact) mass is 497 g/mol. The second kappa shape index (κ2) is 11.5. The molecule has 0 aliphatic rings. The van der Waals surface area contributed by atoms with Crippen molar-refractivity contribution in [1.82, 2.24) is 9.97 Å². The van der Waals surface area contributed by atoms with Crippen molar-refractivity contribution in [3.63, 3.8) is 0 Å². The number of aromatic carboxylic acids is 1. The molecule has 2 heterocycles. The van der Waals surface area contributed by atoms with E-state index in [4.69, 9.17) is 14.7 Å². The second-order valence-corrected chi connectivity index (χ2v) is 9.10. The van der Waals surface area contributed by atoms with Crippen molar-refractivity contribution < 1.29 is 14.6 Å². The number of benzene rings is 2. The van der Waals surface area contributed by atoms with Gasteiger partial charge in [-0.25, -0.2) is 14.8 Å². The number of anilines is 2. The number of aryl methyl sites for hydroxylation is 1. The maximum atomic E-state index is 11.2. The number of carboxylic acid groups (broad SMARTS) is 1. The Morgan fingerprint density at radius 3 is 2.44 bits per heavy atom. The summed E-state index contributed by atoms with van der Waals surface area (Å²) >= 11 is 1.62. The fraction of sp³-hybridized carbons (Fsp3) is 0.138. The van der Waals surface area contributed by atoms with Gasteiger partial charge in [0.15, 0.2) is 5.82 Å². The zero-order valence-electron chi connectivity index (χ0n) is 20.2. The highest BCUT2D eigenvalue weighted by molar-refractivity contribution is 7.16. The van der Waals surface area contributed by atoms with Gasteiger partial charge >= 0.3 is 5.97 Å². The Bertz CT molecular complexity index is 1390. The molecule has 0 amide bonds. The number of hydrogen-bond donors (Lipinski definition) is 2. The number of aromatic nitrogens is 2. The molecule has 0 aliphatic heterocycles. The molecule has 2 aromatic carbocycles. The summed E-state index contributed by atoms with van der Waals surface area (Å²) in [5, 5.41) is 12.5. The van der Waals surface area contributed by atoms with Gasteiger partial charge in [0.05, 0.1) is 17.6 Å². The lowest BCUT2D eigenvalue weighted by atomic mass is 10.1. The van der Waals surface area contributed by atoms with Crippen molar-refractivity contribution in [2.75, 3.05) is 12.4 Å². The first-order valence-electron chi connectivity index (χ1n) is 11.5. The number of carbonyl (C=O) groups is 1. The highest BCUT2D eigenvalue weighted by Gasteiger charge is 2.15. The van der Waals surface area contributed by atoms with Gasteiger partial charge in [0.25, 0.3) is 0 Å². The van der Waals surface area contributed by atoms with E-state index in [1.165, 1.54) is 0 Å². The van der Waals surface area contributed by atoms with Crippen LogP contribution in [0.25, 0.3) is 22.9 Å². The Balaban J connectivity index is 1.63. The van der Waals surface area contributed by atoms with Gasteiger partial charge in [0.1, 0.15) is 11.6 Å². The van der Waals surface area contributed by atoms with Crippen molar-refractivity contribution in [2.24, 2.45) is 0 Å². The topological polar surface area (TPSA) is 84.3 Å². The van der Waals surface area contributed by atoms with E-state index in [1.54, 1.807) is 42.7 Å². The van der Waals surface area contributed by atoms with Crippen LogP contribution in [0.15, 0.2) is 73.3 Å². The molecule has 0 unspecified atom stereocenters. The average molecular weight is 498 g/mol. The van der Waals surface area contributed by atoms with Crippen LogP contribution < -0.4 is 10.1 Å². The molecule has 0 radical (unpaired) electrons. The van der Waals surface area contributed by atoms with Gasteiger partial charge in [0, 0.05) is 21.8 Å². The Morgan fingerprint density at radius 1 is 1.06 bits per heavy atom. The number of ether oxygens (including phenoxy) is 1. The minimum Gasteiger partial charge on any atom is -0.497 e. The van der Waals surface area contributed by atoms with Crippen LogP contribution >= 0.6 is 11.3 Å². The van der Waals surface area contributed by atoms with Crippen molar-refractivity contribution in [3.8, 4) is 16.5 Å². The molecule has 0 spiro atoms. The minimum atomic E-state index is -0.957. The Hall–Kier alpha value is -4.23. The molecule has 4 rings (SSSR count). The number of rotatable bonds is 10. The van der Waals surface area contributed by atoms with Gasteiger partial charge in [-0.1, -0.05) is 31.2 Å². The largest absolute Gasteiger partial charge is 0.497 e. The number of carboxylic acids is 1. The molecule has 0 bridgehead atoms. The fourth-order valence-electron chi connectivity index (χ4n) is 3.68. The van der Waals surface area contributed by atoms with Crippen LogP contribution in [0.2, 0.25) is 0 Å². The lowest BCUT2D eigenvalue weighted by molar-refractivity contribution is 0.0697. The quantitative estimate of drug-likeness (QED) is 0.227. The molecule has 0 aliphatic carbocycles. The third kappa shape index (κ3) is 5.87. The van der Waals surface area contributed by atoms with Gasteiger partial charge in [0.2, 0.25) is 0 Å². The molecule has 0 saturated heterocycles. The number of nitrogens with zero attached hydrogens (tertiary/aromatic N) is 2. The van der Waals surface area contributed by atoms with Crippen LogP contribution in [0.4, 0.5) is 11.5 Å². The number of methoxy groups -OCH3 is 1. The molecular weight excluding hydrogens is 470 g/mol. The summed E-state index contributed by atoms with van der Waals surface area (Å²) in [7, 11) is 1.66. The molecular formula is C29H27N3O3S. The Kier molecular flexibility index (Phi) is 7.92. The van der Waals surface area contributed by atoms with E-state index in [9.17, 15) is 9.90 Å². The predicted molar refractivity (Wildman–Crippen MR) is 147 cm³/mol. The molecule has 36 heavy (non-hydrogen) atoms. The molecule has 2 aromatic heterocycles. The van der Waals surface area contributed by atoms with E-state index in [0.717, 1.165) is 44.4 Å². The van der Waals surface area contributed by atoms with Gasteiger partial charge < -0.3 is 15.2 Å². The number of nitrogens with one attached hydrogen (secondary N) is 1. The van der Waals surface area contributed by atoms with Crippen molar-refractivity contribution in [3.05, 3.63) is 101 Å². The van der Waals surface area contributed by atoms with E-state index in [-0.39, 0.29) is 5.56 Å². The molecule has 0 fully saturated rings. The van der Waals surface area contributed by atoms with Crippen LogP contribution in [0.5, 0.6) is 5.75 Å². The van der Waals surface area contributed by atoms with Crippen molar-refractivity contribution in [1.29, 1.82) is 0 Å². The first-order chi connectivity index (χ1) is 17.5. The van der Waals surface area contributed by atoms with Gasteiger partial charge in [-0.3, -0.25) is 0 Å². The lowest BCUT2D eigenvalue weighted by Gasteiger charge is -2.15. The van der Waals surface area contributed by atoms with Crippen molar-refractivity contribution in [2.45, 2.75) is 19.8 Å². The predicted octanol–water partition coefficient (Wildman–Crippen LogP) is 7.12. The molecule has 7 heteroatoms. The third-order valence-corrected chi connectivity index (χ3v) is 6.62. The van der Waals surface area contributed by atoms with Crippen LogP contribution in [0, 0.1) is 0 Å². The second-order valence-electron chi connectivity index (χ2n) is 7.98. The summed E-state index contributed by atoms with van der Waals surface area (Å²) in [6, 6.07) is 18.6. The summed E-state index contributed by atoms with van der Waals surface area (Å²) < 4.78 is 5.22. The summed E-state index contributed by atoms with van der Waals surface area (Å²) in [5.41, 5.74) is 4.01. The Morgan fingerprint density at radius 2 is 1.81 bits per heavy atom. The molecule has 0 saturated carbocycles. The number of hydrogen-bond acceptors (Lipinski definition) is 6. The standard InChI is InChI=1S/C29H27N3O3S/c1-4-6-24-25(5-2)31-28(32-27(24)30-21-12-10-20(11-13-21)29(33)34)26-18-17-23(36-26)16-9-19-7-14-22(35-3)15-8-19/h4,7-18H,1,5-6H2,2-3H3,(H,33,34)(H,30,31,32)/b16-9+. The molecule has 4 aromatic rings. The lowest BCUT2D eigenvalue weighted by Crippen LogP contribution is -2.07. The first-order valence-corrected chi connectivity index (χ1v) is 12.4. The smallest absolute Gasteiger partial charge is 0.335 e. The highest BCUT2D eigenvalue weighted by atomic mass is 32.1. The summed E-state index contributed by atoms with van der Waals surface area (Å²) in [4.78, 5) is 23.0. The Labute approximate surface area is 214 Å². The van der Waals surface area contributed by atoms with Crippen LogP contribution in [-0.4, -0.2) is 28.2 Å². The maximum Gasteiger partial charge on any atom is 0.335 e. The zero-order chi connectivity index (χ0) is 25.5. The van der Waals surface area contributed by atoms with E-state index in [1.807, 2.05) is 36.4 Å². The summed E-state index contributed by atoms with van der Waals surface area (Å²) in [6.45, 7) is 5.96. The number of thiophene rings is 1. The van der Waals surface area contributed by atoms with Crippen LogP contribution in [-0.2, 0) is 12.8 Å².